The molecule has 0 radical (unpaired) electrons. The number of pyridine rings is 2. The molecule has 2 aromatic rings. The van der Waals surface area contributed by atoms with Crippen LogP contribution in [0.25, 0.3) is 0 Å². The van der Waals surface area contributed by atoms with Crippen LogP contribution >= 0.6 is 15.9 Å². The van der Waals surface area contributed by atoms with E-state index in [-0.39, 0.29) is 11.4 Å². The summed E-state index contributed by atoms with van der Waals surface area (Å²) in [5.74, 6) is -3.24. The summed E-state index contributed by atoms with van der Waals surface area (Å²) < 4.78 is 97.4. The first-order valence-corrected chi connectivity index (χ1v) is 9.26. The molecule has 0 aliphatic rings. The van der Waals surface area contributed by atoms with E-state index >= 15 is 0 Å². The molecule has 0 bridgehead atoms. The van der Waals surface area contributed by atoms with Gasteiger partial charge in [-0.15, -0.1) is 0 Å². The number of hydrogen-bond donors (Lipinski definition) is 0. The molecule has 2 rings (SSSR count). The predicted molar refractivity (Wildman–Crippen MR) is 96.7 cm³/mol. The van der Waals surface area contributed by atoms with Crippen molar-refractivity contribution < 1.29 is 45.0 Å². The summed E-state index contributed by atoms with van der Waals surface area (Å²) in [5, 5.41) is 0. The summed E-state index contributed by atoms with van der Waals surface area (Å²) in [7, 11) is 0. The molecule has 0 spiro atoms. The molecule has 0 aliphatic heterocycles. The third-order valence-corrected chi connectivity index (χ3v) is 4.09. The number of aromatic nitrogens is 2. The van der Waals surface area contributed by atoms with Crippen molar-refractivity contribution >= 4 is 21.7 Å². The summed E-state index contributed by atoms with van der Waals surface area (Å²) in [6.07, 6.45) is -8.69. The highest BCUT2D eigenvalue weighted by Gasteiger charge is 2.30. The first-order chi connectivity index (χ1) is 14.4. The van der Waals surface area contributed by atoms with Gasteiger partial charge in [-0.1, -0.05) is 0 Å². The van der Waals surface area contributed by atoms with E-state index in [4.69, 9.17) is 0 Å². The second-order valence-electron chi connectivity index (χ2n) is 6.19. The van der Waals surface area contributed by atoms with E-state index in [1.165, 1.54) is 18.3 Å². The Kier molecular flexibility index (Phi) is 8.21. The number of nitrogens with zero attached hydrogens (tertiary/aromatic N) is 2. The second-order valence-corrected chi connectivity index (χ2v) is 7.11. The van der Waals surface area contributed by atoms with Gasteiger partial charge >= 0.3 is 12.4 Å². The summed E-state index contributed by atoms with van der Waals surface area (Å²) >= 11 is 3.14. The fourth-order valence-electron chi connectivity index (χ4n) is 2.33. The fourth-order valence-corrected chi connectivity index (χ4v) is 2.56. The van der Waals surface area contributed by atoms with E-state index in [9.17, 15) is 35.5 Å². The molecule has 0 aliphatic carbocycles. The molecule has 2 heterocycles. The van der Waals surface area contributed by atoms with Crippen molar-refractivity contribution in [1.29, 1.82) is 0 Å². The monoisotopic (exact) mass is 518 g/mol. The highest BCUT2D eigenvalue weighted by molar-refractivity contribution is 9.10. The number of ketones is 1. The van der Waals surface area contributed by atoms with Crippen LogP contribution in [0.1, 0.15) is 17.3 Å². The first-order valence-electron chi connectivity index (χ1n) is 8.46. The van der Waals surface area contributed by atoms with Gasteiger partial charge in [0.1, 0.15) is 18.2 Å². The lowest BCUT2D eigenvalue weighted by molar-refractivity contribution is -0.154. The Labute approximate surface area is 179 Å². The zero-order valence-electron chi connectivity index (χ0n) is 15.4. The molecule has 2 aromatic heterocycles. The Hall–Kier alpha value is -2.44. The molecule has 31 heavy (non-hydrogen) atoms. The highest BCUT2D eigenvalue weighted by atomic mass is 79.9. The van der Waals surface area contributed by atoms with Crippen molar-refractivity contribution in [2.24, 2.45) is 0 Å². The molecule has 0 aromatic carbocycles. The number of hydrogen-bond acceptors (Lipinski definition) is 5. The van der Waals surface area contributed by atoms with Gasteiger partial charge in [0.25, 0.3) is 0 Å². The SMILES string of the molecule is O=C(Cc1cc(OCC(F)(F)F)cc(OCC(F)(F)F)n1)[C@@H](CF)c1ccc(Br)cn1. The molecule has 0 saturated carbocycles. The lowest BCUT2D eigenvalue weighted by atomic mass is 9.97. The van der Waals surface area contributed by atoms with E-state index < -0.39 is 62.0 Å². The number of rotatable bonds is 9. The van der Waals surface area contributed by atoms with E-state index in [1.807, 2.05) is 0 Å². The molecule has 1 atom stereocenters. The summed E-state index contributed by atoms with van der Waals surface area (Å²) in [6, 6.07) is 4.61. The van der Waals surface area contributed by atoms with Crippen molar-refractivity contribution in [3.63, 3.8) is 0 Å². The van der Waals surface area contributed by atoms with Crippen molar-refractivity contribution in [1.82, 2.24) is 9.97 Å². The van der Waals surface area contributed by atoms with Gasteiger partial charge in [-0.25, -0.2) is 9.37 Å². The number of halogens is 8. The average Bonchev–Trinajstić information content (AvgIpc) is 2.66. The van der Waals surface area contributed by atoms with Crippen LogP contribution in [0.2, 0.25) is 0 Å². The Balaban J connectivity index is 2.24. The molecular weight excluding hydrogens is 505 g/mol. The van der Waals surface area contributed by atoms with Crippen LogP contribution in [-0.4, -0.2) is 48.0 Å². The molecule has 0 fully saturated rings. The molecule has 13 heteroatoms. The summed E-state index contributed by atoms with van der Waals surface area (Å²) in [5.41, 5.74) is -0.147. The minimum absolute atomic E-state index is 0.105. The normalized spacial score (nSPS) is 13.0. The smallest absolute Gasteiger partial charge is 0.422 e. The lowest BCUT2D eigenvalue weighted by Crippen LogP contribution is -2.22. The number of Topliss-reactive ketones (excluding diaryl/α,β-unsaturated/α-hetero) is 1. The highest BCUT2D eigenvalue weighted by Crippen LogP contribution is 2.26. The largest absolute Gasteiger partial charge is 0.484 e. The molecular formula is C18H14BrF7N2O3. The van der Waals surface area contributed by atoms with Crippen LogP contribution in [0.3, 0.4) is 0 Å². The van der Waals surface area contributed by atoms with Crippen LogP contribution in [0.15, 0.2) is 34.9 Å². The minimum Gasteiger partial charge on any atom is -0.484 e. The van der Waals surface area contributed by atoms with Crippen molar-refractivity contribution in [3.8, 4) is 11.6 Å². The Morgan fingerprint density at radius 3 is 2.23 bits per heavy atom. The van der Waals surface area contributed by atoms with Crippen LogP contribution < -0.4 is 9.47 Å². The third-order valence-electron chi connectivity index (χ3n) is 3.62. The number of ether oxygens (including phenoxy) is 2. The molecule has 170 valence electrons. The second kappa shape index (κ2) is 10.2. The van der Waals surface area contributed by atoms with E-state index in [0.717, 1.165) is 12.1 Å². The zero-order valence-corrected chi connectivity index (χ0v) is 17.0. The van der Waals surface area contributed by atoms with Gasteiger partial charge in [-0.2, -0.15) is 26.3 Å². The Morgan fingerprint density at radius 2 is 1.68 bits per heavy atom. The van der Waals surface area contributed by atoms with Gasteiger partial charge in [0.2, 0.25) is 5.88 Å². The Bertz CT molecular complexity index is 853. The lowest BCUT2D eigenvalue weighted by Gasteiger charge is -2.15. The standard InChI is InChI=1S/C18H14BrF7N2O3/c19-10-1-2-14(27-7-10)13(6-20)15(29)4-11-3-12(30-8-17(21,22)23)5-16(28-11)31-9-18(24,25)26/h1-3,5,7,13H,4,6,8-9H2/t13-/m0/s1. The molecule has 0 unspecified atom stereocenters. The molecule has 0 N–H and O–H groups in total. The van der Waals surface area contributed by atoms with Crippen LogP contribution in [0.4, 0.5) is 30.7 Å². The fraction of sp³-hybridized carbons (Fsp3) is 0.389. The summed E-state index contributed by atoms with van der Waals surface area (Å²) in [4.78, 5) is 20.1. The van der Waals surface area contributed by atoms with Crippen LogP contribution in [-0.2, 0) is 11.2 Å². The van der Waals surface area contributed by atoms with Gasteiger partial charge in [-0.3, -0.25) is 9.78 Å². The van der Waals surface area contributed by atoms with E-state index in [1.54, 1.807) is 0 Å². The maximum atomic E-state index is 13.5. The number of carbonyl (C=O) groups is 1. The zero-order chi connectivity index (χ0) is 23.2. The quantitative estimate of drug-likeness (QED) is 0.438. The molecule has 0 saturated heterocycles. The minimum atomic E-state index is -4.73. The topological polar surface area (TPSA) is 61.3 Å². The molecule has 5 nitrogen and oxygen atoms in total. The van der Waals surface area contributed by atoms with Crippen molar-refractivity contribution in [2.75, 3.05) is 19.9 Å². The van der Waals surface area contributed by atoms with E-state index in [2.05, 4.69) is 35.4 Å². The number of carbonyl (C=O) groups excluding carboxylic acids is 1. The van der Waals surface area contributed by atoms with Gasteiger partial charge in [0, 0.05) is 29.2 Å². The molecule has 0 amide bonds. The predicted octanol–water partition coefficient (Wildman–Crippen LogP) is 4.99. The van der Waals surface area contributed by atoms with Crippen LogP contribution in [0.5, 0.6) is 11.6 Å². The van der Waals surface area contributed by atoms with Crippen LogP contribution in [0, 0.1) is 0 Å². The Morgan fingerprint density at radius 1 is 1.03 bits per heavy atom. The maximum absolute atomic E-state index is 13.5. The van der Waals surface area contributed by atoms with Gasteiger partial charge in [0.05, 0.1) is 17.3 Å². The third kappa shape index (κ3) is 8.67. The van der Waals surface area contributed by atoms with Gasteiger partial charge < -0.3 is 9.47 Å². The van der Waals surface area contributed by atoms with Crippen molar-refractivity contribution in [2.45, 2.75) is 24.7 Å². The maximum Gasteiger partial charge on any atom is 0.422 e. The number of alkyl halides is 7. The summed E-state index contributed by atoms with van der Waals surface area (Å²) in [6.45, 7) is -4.60. The first kappa shape index (κ1) is 24.8. The van der Waals surface area contributed by atoms with E-state index in [0.29, 0.717) is 4.47 Å². The average molecular weight is 519 g/mol. The van der Waals surface area contributed by atoms with Gasteiger partial charge in [0.15, 0.2) is 13.2 Å². The van der Waals surface area contributed by atoms with Gasteiger partial charge in [-0.05, 0) is 28.1 Å². The van der Waals surface area contributed by atoms with Crippen molar-refractivity contribution in [3.05, 3.63) is 46.3 Å².